The van der Waals surface area contributed by atoms with Crippen molar-refractivity contribution in [2.45, 2.75) is 9.79 Å². The molecule has 4 N–H and O–H groups in total. The summed E-state index contributed by atoms with van der Waals surface area (Å²) in [6.45, 7) is 1.05. The van der Waals surface area contributed by atoms with Crippen molar-refractivity contribution in [2.24, 2.45) is 5.14 Å². The van der Waals surface area contributed by atoms with Crippen molar-refractivity contribution in [2.75, 3.05) is 25.1 Å². The summed E-state index contributed by atoms with van der Waals surface area (Å²) in [6, 6.07) is 2.98. The number of hydrogen-bond acceptors (Lipinski definition) is 6. The summed E-state index contributed by atoms with van der Waals surface area (Å²) in [4.78, 5) is 0.617. The second kappa shape index (κ2) is 5.24. The van der Waals surface area contributed by atoms with Gasteiger partial charge in [-0.2, -0.15) is 0 Å². The van der Waals surface area contributed by atoms with Gasteiger partial charge in [-0.25, -0.2) is 17.9 Å². The lowest BCUT2D eigenvalue weighted by atomic mass is 10.3. The van der Waals surface area contributed by atoms with E-state index in [0.29, 0.717) is 18.1 Å². The molecular weight excluding hydrogens is 298 g/mol. The van der Waals surface area contributed by atoms with Crippen LogP contribution in [0.5, 0.6) is 0 Å². The quantitative estimate of drug-likeness (QED) is 0.710. The van der Waals surface area contributed by atoms with Gasteiger partial charge in [0.1, 0.15) is 4.90 Å². The Labute approximate surface area is 114 Å². The van der Waals surface area contributed by atoms with Gasteiger partial charge in [-0.1, -0.05) is 11.6 Å². The number of hydrogen-bond donors (Lipinski definition) is 3. The number of benzene rings is 1. The smallest absolute Gasteiger partial charge is 0.239 e. The first kappa shape index (κ1) is 13.9. The molecule has 0 unspecified atom stereocenters. The molecule has 18 heavy (non-hydrogen) atoms. The molecule has 0 amide bonds. The molecule has 0 fully saturated rings. The fourth-order valence-corrected chi connectivity index (χ4v) is 3.70. The van der Waals surface area contributed by atoms with Gasteiger partial charge in [-0.3, -0.25) is 0 Å². The summed E-state index contributed by atoms with van der Waals surface area (Å²) in [5, 5.41) is 17.2. The molecule has 1 aromatic rings. The lowest BCUT2D eigenvalue weighted by molar-refractivity contribution is 0.265. The van der Waals surface area contributed by atoms with E-state index >= 15 is 0 Å². The monoisotopic (exact) mass is 309 g/mol. The van der Waals surface area contributed by atoms with Crippen LogP contribution in [0.4, 0.5) is 5.69 Å². The summed E-state index contributed by atoms with van der Waals surface area (Å²) < 4.78 is 24.6. The molecule has 0 spiro atoms. The van der Waals surface area contributed by atoms with Crippen molar-refractivity contribution < 1.29 is 13.5 Å². The molecule has 0 atom stereocenters. The Morgan fingerprint density at radius 2 is 2.28 bits per heavy atom. The zero-order valence-corrected chi connectivity index (χ0v) is 11.6. The third-order valence-corrected chi connectivity index (χ3v) is 4.84. The second-order valence-corrected chi connectivity index (χ2v) is 6.75. The Morgan fingerprint density at radius 1 is 1.56 bits per heavy atom. The van der Waals surface area contributed by atoms with Crippen molar-refractivity contribution in [3.05, 3.63) is 17.2 Å². The molecule has 0 saturated carbocycles. The number of β-amino-alcohol motifs (C(OH)–C–C–N with tert-alkyl or cyclic N) is 1. The second-order valence-electron chi connectivity index (χ2n) is 3.68. The Balaban J connectivity index is 2.39. The van der Waals surface area contributed by atoms with Crippen molar-refractivity contribution in [3.63, 3.8) is 0 Å². The molecule has 9 heteroatoms. The number of halogens is 1. The van der Waals surface area contributed by atoms with Crippen LogP contribution >= 0.6 is 23.5 Å². The maximum atomic E-state index is 11.4. The van der Waals surface area contributed by atoms with Gasteiger partial charge in [-0.15, -0.1) is 0 Å². The Kier molecular flexibility index (Phi) is 4.05. The average molecular weight is 310 g/mol. The average Bonchev–Trinajstić information content (AvgIpc) is 2.27. The first-order valence-electron chi connectivity index (χ1n) is 5.06. The van der Waals surface area contributed by atoms with Gasteiger partial charge in [0.15, 0.2) is 0 Å². The number of primary sulfonamides is 1. The van der Waals surface area contributed by atoms with Crippen LogP contribution in [0.3, 0.4) is 0 Å². The minimum atomic E-state index is -3.84. The Hall–Kier alpha value is -0.510. The summed E-state index contributed by atoms with van der Waals surface area (Å²) in [5.74, 6) is 0. The summed E-state index contributed by atoms with van der Waals surface area (Å²) in [6.07, 6.45) is 0. The number of nitrogens with one attached hydrogen (secondary N) is 1. The van der Waals surface area contributed by atoms with Crippen molar-refractivity contribution in [3.8, 4) is 0 Å². The molecule has 1 aromatic carbocycles. The van der Waals surface area contributed by atoms with Crippen molar-refractivity contribution in [1.82, 2.24) is 4.31 Å². The van der Waals surface area contributed by atoms with Gasteiger partial charge in [-0.05, 0) is 24.1 Å². The summed E-state index contributed by atoms with van der Waals surface area (Å²) in [5.41, 5.74) is 0.756. The van der Waals surface area contributed by atoms with E-state index in [2.05, 4.69) is 5.32 Å². The maximum Gasteiger partial charge on any atom is 0.239 e. The Bertz CT molecular complexity index is 564. The van der Waals surface area contributed by atoms with Crippen LogP contribution in [-0.2, 0) is 10.0 Å². The molecule has 100 valence electrons. The van der Waals surface area contributed by atoms with Gasteiger partial charge >= 0.3 is 0 Å². The van der Waals surface area contributed by atoms with Crippen LogP contribution in [0.1, 0.15) is 0 Å². The van der Waals surface area contributed by atoms with Crippen LogP contribution in [0.2, 0.25) is 5.02 Å². The zero-order chi connectivity index (χ0) is 13.3. The highest BCUT2D eigenvalue weighted by molar-refractivity contribution is 7.97. The Morgan fingerprint density at radius 3 is 2.89 bits per heavy atom. The van der Waals surface area contributed by atoms with E-state index in [9.17, 15) is 8.42 Å². The molecular formula is C9H12ClN3O3S2. The van der Waals surface area contributed by atoms with Gasteiger partial charge in [0, 0.05) is 11.4 Å². The van der Waals surface area contributed by atoms with E-state index in [1.54, 1.807) is 6.07 Å². The van der Waals surface area contributed by atoms with E-state index < -0.39 is 10.0 Å². The van der Waals surface area contributed by atoms with Gasteiger partial charge in [0.25, 0.3) is 0 Å². The highest BCUT2D eigenvalue weighted by Gasteiger charge is 2.21. The van der Waals surface area contributed by atoms with Gasteiger partial charge in [0.05, 0.1) is 24.0 Å². The van der Waals surface area contributed by atoms with E-state index in [1.807, 2.05) is 4.31 Å². The summed E-state index contributed by atoms with van der Waals surface area (Å²) >= 11 is 7.23. The molecule has 1 heterocycles. The van der Waals surface area contributed by atoms with Crippen LogP contribution < -0.4 is 10.5 Å². The number of sulfonamides is 1. The lowest BCUT2D eigenvalue weighted by Crippen LogP contribution is -2.29. The molecule has 0 aliphatic carbocycles. The number of rotatable bonds is 3. The molecule has 0 aromatic heterocycles. The summed E-state index contributed by atoms with van der Waals surface area (Å²) in [7, 11) is -3.84. The van der Waals surface area contributed by atoms with E-state index in [0.717, 1.165) is 5.69 Å². The lowest BCUT2D eigenvalue weighted by Gasteiger charge is -2.28. The fourth-order valence-electron chi connectivity index (χ4n) is 1.55. The van der Waals surface area contributed by atoms with Crippen LogP contribution in [-0.4, -0.2) is 37.6 Å². The molecule has 0 radical (unpaired) electrons. The predicted octanol–water partition coefficient (Wildman–Crippen LogP) is 0.672. The minimum absolute atomic E-state index is 0.0274. The van der Waals surface area contributed by atoms with E-state index in [4.69, 9.17) is 21.8 Å². The van der Waals surface area contributed by atoms with Crippen LogP contribution in [0.25, 0.3) is 0 Å². The highest BCUT2D eigenvalue weighted by Crippen LogP contribution is 2.38. The fraction of sp³-hybridized carbons (Fsp3) is 0.333. The standard InChI is InChI=1S/C9H12ClN3O3S2/c10-6-3-7-8(4-9(6)18(11,15)16)17-13(1-2-14)5-12-7/h3-4,12,14H,1-2,5H2,(H2,11,15,16). The topological polar surface area (TPSA) is 95.7 Å². The van der Waals surface area contributed by atoms with E-state index in [-0.39, 0.29) is 16.5 Å². The number of fused-ring (bicyclic) bond motifs is 1. The third-order valence-electron chi connectivity index (χ3n) is 2.36. The number of nitrogens with two attached hydrogens (primary N) is 1. The normalized spacial score (nSPS) is 16.2. The van der Waals surface area contributed by atoms with Gasteiger partial charge < -0.3 is 10.4 Å². The molecule has 6 nitrogen and oxygen atoms in total. The predicted molar refractivity (Wildman–Crippen MR) is 71.0 cm³/mol. The van der Waals surface area contributed by atoms with Gasteiger partial charge in [0.2, 0.25) is 10.0 Å². The largest absolute Gasteiger partial charge is 0.395 e. The first-order valence-corrected chi connectivity index (χ1v) is 7.75. The van der Waals surface area contributed by atoms with Crippen LogP contribution in [0.15, 0.2) is 21.9 Å². The van der Waals surface area contributed by atoms with Crippen molar-refractivity contribution in [1.29, 1.82) is 0 Å². The maximum absolute atomic E-state index is 11.4. The molecule has 2 rings (SSSR count). The molecule has 0 bridgehead atoms. The third kappa shape index (κ3) is 2.90. The number of aliphatic hydroxyl groups excluding tert-OH is 1. The van der Waals surface area contributed by atoms with Crippen molar-refractivity contribution >= 4 is 39.3 Å². The molecule has 0 saturated heterocycles. The number of anilines is 1. The highest BCUT2D eigenvalue weighted by atomic mass is 35.5. The molecule has 1 aliphatic rings. The number of aliphatic hydroxyl groups is 1. The zero-order valence-electron chi connectivity index (χ0n) is 9.26. The SMILES string of the molecule is NS(=O)(=O)c1cc2c(cc1Cl)NCN(CCO)S2. The number of nitrogens with zero attached hydrogens (tertiary/aromatic N) is 1. The molecule has 1 aliphatic heterocycles. The van der Waals surface area contributed by atoms with Crippen LogP contribution in [0, 0.1) is 0 Å². The minimum Gasteiger partial charge on any atom is -0.395 e. The first-order chi connectivity index (χ1) is 8.41. The van der Waals surface area contributed by atoms with E-state index in [1.165, 1.54) is 18.0 Å².